The Labute approximate surface area is 164 Å². The quantitative estimate of drug-likeness (QED) is 0.402. The van der Waals surface area contributed by atoms with Crippen molar-refractivity contribution in [1.29, 1.82) is 5.41 Å². The molecule has 0 spiro atoms. The molecule has 0 atom stereocenters. The second-order valence-corrected chi connectivity index (χ2v) is 6.81. The lowest BCUT2D eigenvalue weighted by atomic mass is 10.0. The summed E-state index contributed by atoms with van der Waals surface area (Å²) in [7, 11) is 0. The number of nitrogens with zero attached hydrogens (tertiary/aromatic N) is 1. The Kier molecular flexibility index (Phi) is 4.53. The van der Waals surface area contributed by atoms with Crippen molar-refractivity contribution in [1.82, 2.24) is 0 Å². The SMILES string of the molecule is C/C=C1\C(=O)N(Cc2cccc(-c3cccc(C(=N)N)c3)c2)c2ccccc21. The van der Waals surface area contributed by atoms with Crippen molar-refractivity contribution in [2.45, 2.75) is 13.5 Å². The number of benzene rings is 3. The lowest BCUT2D eigenvalue weighted by Gasteiger charge is -2.18. The molecule has 28 heavy (non-hydrogen) atoms. The maximum absolute atomic E-state index is 12.9. The highest BCUT2D eigenvalue weighted by Gasteiger charge is 2.31. The summed E-state index contributed by atoms with van der Waals surface area (Å²) < 4.78 is 0. The highest BCUT2D eigenvalue weighted by atomic mass is 16.2. The van der Waals surface area contributed by atoms with Crippen molar-refractivity contribution in [2.24, 2.45) is 5.73 Å². The fraction of sp³-hybridized carbons (Fsp3) is 0.0833. The average molecular weight is 367 g/mol. The van der Waals surface area contributed by atoms with Gasteiger partial charge in [-0.15, -0.1) is 0 Å². The lowest BCUT2D eigenvalue weighted by Crippen LogP contribution is -2.25. The standard InChI is InChI=1S/C24H21N3O/c1-2-20-21-11-3-4-12-22(21)27(24(20)28)15-16-7-5-8-17(13-16)18-9-6-10-19(14-18)23(25)26/h2-14H,15H2,1H3,(H3,25,26)/b20-2-. The van der Waals surface area contributed by atoms with Crippen LogP contribution < -0.4 is 10.6 Å². The first kappa shape index (κ1) is 17.7. The Morgan fingerprint density at radius 1 is 1.00 bits per heavy atom. The topological polar surface area (TPSA) is 70.2 Å². The number of hydrogen-bond donors (Lipinski definition) is 2. The molecule has 4 nitrogen and oxygen atoms in total. The summed E-state index contributed by atoms with van der Waals surface area (Å²) in [5.74, 6) is 0.0869. The van der Waals surface area contributed by atoms with E-state index in [0.717, 1.165) is 33.5 Å². The first-order valence-electron chi connectivity index (χ1n) is 9.20. The normalized spacial score (nSPS) is 14.4. The third kappa shape index (κ3) is 3.09. The number of amidine groups is 1. The summed E-state index contributed by atoms with van der Waals surface area (Å²) in [4.78, 5) is 14.7. The number of hydrogen-bond acceptors (Lipinski definition) is 2. The zero-order valence-corrected chi connectivity index (χ0v) is 15.6. The van der Waals surface area contributed by atoms with Gasteiger partial charge < -0.3 is 10.6 Å². The van der Waals surface area contributed by atoms with Crippen LogP contribution >= 0.6 is 0 Å². The molecule has 1 aliphatic heterocycles. The van der Waals surface area contributed by atoms with Crippen LogP contribution in [0.2, 0.25) is 0 Å². The predicted molar refractivity (Wildman–Crippen MR) is 114 cm³/mol. The Morgan fingerprint density at radius 2 is 1.71 bits per heavy atom. The van der Waals surface area contributed by atoms with Crippen LogP contribution in [-0.4, -0.2) is 11.7 Å². The van der Waals surface area contributed by atoms with Crippen LogP contribution in [0, 0.1) is 5.41 Å². The number of amides is 1. The minimum Gasteiger partial charge on any atom is -0.384 e. The second-order valence-electron chi connectivity index (χ2n) is 6.81. The van der Waals surface area contributed by atoms with E-state index in [-0.39, 0.29) is 11.7 Å². The number of carbonyl (C=O) groups excluding carboxylic acids is 1. The number of carbonyl (C=O) groups is 1. The second kappa shape index (κ2) is 7.16. The van der Waals surface area contributed by atoms with Crippen LogP contribution in [0.1, 0.15) is 23.6 Å². The van der Waals surface area contributed by atoms with Gasteiger partial charge in [-0.3, -0.25) is 10.2 Å². The molecule has 0 radical (unpaired) electrons. The maximum atomic E-state index is 12.9. The third-order valence-corrected chi connectivity index (χ3v) is 5.02. The van der Waals surface area contributed by atoms with Crippen LogP contribution in [-0.2, 0) is 11.3 Å². The van der Waals surface area contributed by atoms with Gasteiger partial charge in [-0.1, -0.05) is 60.7 Å². The molecule has 0 fully saturated rings. The van der Waals surface area contributed by atoms with E-state index in [0.29, 0.717) is 12.1 Å². The first-order valence-corrected chi connectivity index (χ1v) is 9.20. The molecular formula is C24H21N3O. The molecule has 0 saturated heterocycles. The van der Waals surface area contributed by atoms with Gasteiger partial charge in [0.15, 0.2) is 0 Å². The van der Waals surface area contributed by atoms with Crippen molar-refractivity contribution in [3.05, 3.63) is 95.6 Å². The molecule has 1 amide bonds. The van der Waals surface area contributed by atoms with Crippen molar-refractivity contribution in [2.75, 3.05) is 4.90 Å². The summed E-state index contributed by atoms with van der Waals surface area (Å²) in [6, 6.07) is 23.7. The summed E-state index contributed by atoms with van der Waals surface area (Å²) >= 11 is 0. The summed E-state index contributed by atoms with van der Waals surface area (Å²) in [5, 5.41) is 7.64. The molecule has 0 unspecified atom stereocenters. The molecule has 4 rings (SSSR count). The summed E-state index contributed by atoms with van der Waals surface area (Å²) in [5.41, 5.74) is 12.1. The largest absolute Gasteiger partial charge is 0.384 e. The summed E-state index contributed by atoms with van der Waals surface area (Å²) in [6.45, 7) is 2.41. The van der Waals surface area contributed by atoms with E-state index >= 15 is 0 Å². The minimum atomic E-state index is 0.0349. The van der Waals surface area contributed by atoms with Crippen molar-refractivity contribution in [3.8, 4) is 11.1 Å². The number of rotatable bonds is 4. The molecule has 0 saturated carbocycles. The van der Waals surface area contributed by atoms with Crippen molar-refractivity contribution >= 4 is 23.0 Å². The fourth-order valence-electron chi connectivity index (χ4n) is 3.64. The molecule has 1 heterocycles. The van der Waals surface area contributed by atoms with Crippen molar-refractivity contribution in [3.63, 3.8) is 0 Å². The van der Waals surface area contributed by atoms with Crippen LogP contribution in [0.15, 0.2) is 78.9 Å². The number of allylic oxidation sites excluding steroid dienone is 1. The maximum Gasteiger partial charge on any atom is 0.258 e. The highest BCUT2D eigenvalue weighted by Crippen LogP contribution is 2.37. The number of para-hydroxylation sites is 1. The molecule has 138 valence electrons. The number of nitrogen functional groups attached to an aromatic ring is 1. The van der Waals surface area contributed by atoms with Crippen LogP contribution in [0.5, 0.6) is 0 Å². The molecule has 0 aromatic heterocycles. The summed E-state index contributed by atoms with van der Waals surface area (Å²) in [6.07, 6.45) is 1.88. The number of fused-ring (bicyclic) bond motifs is 1. The van der Waals surface area contributed by atoms with Gasteiger partial charge in [0, 0.05) is 16.7 Å². The van der Waals surface area contributed by atoms with Gasteiger partial charge in [0.1, 0.15) is 5.84 Å². The predicted octanol–water partition coefficient (Wildman–Crippen LogP) is 4.59. The number of nitrogens with one attached hydrogen (secondary N) is 1. The Hall–Kier alpha value is -3.66. The van der Waals surface area contributed by atoms with E-state index in [1.54, 1.807) is 0 Å². The smallest absolute Gasteiger partial charge is 0.258 e. The van der Waals surface area contributed by atoms with E-state index in [9.17, 15) is 4.79 Å². The van der Waals surface area contributed by atoms with E-state index < -0.39 is 0 Å². The van der Waals surface area contributed by atoms with Gasteiger partial charge in [-0.05, 0) is 41.8 Å². The zero-order valence-electron chi connectivity index (χ0n) is 15.6. The van der Waals surface area contributed by atoms with Gasteiger partial charge in [-0.25, -0.2) is 0 Å². The van der Waals surface area contributed by atoms with Crippen molar-refractivity contribution < 1.29 is 4.79 Å². The van der Waals surface area contributed by atoms with Gasteiger partial charge in [0.25, 0.3) is 5.91 Å². The van der Waals surface area contributed by atoms with E-state index in [1.165, 1.54) is 0 Å². The Morgan fingerprint density at radius 3 is 2.46 bits per heavy atom. The lowest BCUT2D eigenvalue weighted by molar-refractivity contribution is -0.113. The van der Waals surface area contributed by atoms with Gasteiger partial charge >= 0.3 is 0 Å². The molecule has 4 heteroatoms. The van der Waals surface area contributed by atoms with Crippen LogP contribution in [0.4, 0.5) is 5.69 Å². The van der Waals surface area contributed by atoms with Gasteiger partial charge in [-0.2, -0.15) is 0 Å². The molecule has 3 N–H and O–H groups in total. The van der Waals surface area contributed by atoms with E-state index in [4.69, 9.17) is 11.1 Å². The number of anilines is 1. The molecule has 3 aromatic rings. The Bertz CT molecular complexity index is 1110. The zero-order chi connectivity index (χ0) is 19.7. The van der Waals surface area contributed by atoms with Crippen LogP contribution in [0.3, 0.4) is 0 Å². The molecular weight excluding hydrogens is 346 g/mol. The highest BCUT2D eigenvalue weighted by molar-refractivity contribution is 6.32. The Balaban J connectivity index is 1.67. The van der Waals surface area contributed by atoms with Gasteiger partial charge in [0.2, 0.25) is 0 Å². The molecule has 0 bridgehead atoms. The average Bonchev–Trinajstić information content (AvgIpc) is 2.99. The molecule has 1 aliphatic rings. The van der Waals surface area contributed by atoms with E-state index in [1.807, 2.05) is 84.6 Å². The first-order chi connectivity index (χ1) is 13.6. The monoisotopic (exact) mass is 367 g/mol. The fourth-order valence-corrected chi connectivity index (χ4v) is 3.64. The molecule has 3 aromatic carbocycles. The third-order valence-electron chi connectivity index (χ3n) is 5.02. The van der Waals surface area contributed by atoms with Crippen LogP contribution in [0.25, 0.3) is 16.7 Å². The molecule has 0 aliphatic carbocycles. The van der Waals surface area contributed by atoms with E-state index in [2.05, 4.69) is 6.07 Å². The number of nitrogens with two attached hydrogens (primary N) is 1. The van der Waals surface area contributed by atoms with Gasteiger partial charge in [0.05, 0.1) is 12.2 Å². The minimum absolute atomic E-state index is 0.0349.